The summed E-state index contributed by atoms with van der Waals surface area (Å²) in [5.41, 5.74) is 0. The number of hydrogen-bond donors (Lipinski definition) is 0. The first-order valence-electron chi connectivity index (χ1n) is 5.52. The van der Waals surface area contributed by atoms with Crippen LogP contribution in [0.1, 0.15) is 19.5 Å². The lowest BCUT2D eigenvalue weighted by molar-refractivity contribution is 1.30. The Morgan fingerprint density at radius 1 is 0.647 bits per heavy atom. The molecule has 0 spiro atoms. The standard InChI is InChI=1S/C14H12S3/c1-3-11(15-7-1)9-13-5-6-14(17-13)10-12-4-2-8-16-12/h1-8H,9-10H2. The van der Waals surface area contributed by atoms with Crippen LogP contribution in [-0.4, -0.2) is 0 Å². The van der Waals surface area contributed by atoms with Gasteiger partial charge >= 0.3 is 0 Å². The van der Waals surface area contributed by atoms with Crippen LogP contribution in [0.15, 0.2) is 47.2 Å². The molecule has 0 aromatic carbocycles. The van der Waals surface area contributed by atoms with Gasteiger partial charge in [-0.15, -0.1) is 34.0 Å². The van der Waals surface area contributed by atoms with Gasteiger partial charge in [-0.3, -0.25) is 0 Å². The average Bonchev–Trinajstić information content (AvgIpc) is 3.02. The molecule has 0 N–H and O–H groups in total. The van der Waals surface area contributed by atoms with E-state index < -0.39 is 0 Å². The summed E-state index contributed by atoms with van der Waals surface area (Å²) in [6.45, 7) is 0. The molecule has 0 saturated carbocycles. The summed E-state index contributed by atoms with van der Waals surface area (Å²) in [5, 5.41) is 4.30. The van der Waals surface area contributed by atoms with E-state index in [-0.39, 0.29) is 0 Å². The molecule has 0 nitrogen and oxygen atoms in total. The highest BCUT2D eigenvalue weighted by Crippen LogP contribution is 2.25. The van der Waals surface area contributed by atoms with Crippen LogP contribution in [0.25, 0.3) is 0 Å². The van der Waals surface area contributed by atoms with Crippen molar-refractivity contribution in [2.45, 2.75) is 12.8 Å². The number of thiophene rings is 3. The van der Waals surface area contributed by atoms with Gasteiger partial charge in [-0.05, 0) is 35.0 Å². The van der Waals surface area contributed by atoms with Crippen LogP contribution < -0.4 is 0 Å². The third-order valence-electron chi connectivity index (χ3n) is 2.57. The van der Waals surface area contributed by atoms with E-state index in [0.29, 0.717) is 0 Å². The quantitative estimate of drug-likeness (QED) is 0.625. The third kappa shape index (κ3) is 2.86. The van der Waals surface area contributed by atoms with E-state index in [9.17, 15) is 0 Å². The van der Waals surface area contributed by atoms with Crippen molar-refractivity contribution in [2.75, 3.05) is 0 Å². The molecule has 0 bridgehead atoms. The zero-order valence-electron chi connectivity index (χ0n) is 9.26. The van der Waals surface area contributed by atoms with Crippen LogP contribution >= 0.6 is 34.0 Å². The third-order valence-corrected chi connectivity index (χ3v) is 5.41. The van der Waals surface area contributed by atoms with Crippen molar-refractivity contribution >= 4 is 34.0 Å². The van der Waals surface area contributed by atoms with Crippen LogP contribution in [0.2, 0.25) is 0 Å². The van der Waals surface area contributed by atoms with Gasteiger partial charge in [0, 0.05) is 32.4 Å². The van der Waals surface area contributed by atoms with Gasteiger partial charge in [0.25, 0.3) is 0 Å². The van der Waals surface area contributed by atoms with Gasteiger partial charge in [0.2, 0.25) is 0 Å². The number of hydrogen-bond acceptors (Lipinski definition) is 3. The minimum absolute atomic E-state index is 1.09. The maximum absolute atomic E-state index is 2.27. The Balaban J connectivity index is 1.70. The Morgan fingerprint density at radius 2 is 1.18 bits per heavy atom. The molecule has 0 saturated heterocycles. The molecule has 3 aromatic heterocycles. The highest BCUT2D eigenvalue weighted by molar-refractivity contribution is 7.13. The summed E-state index contributed by atoms with van der Waals surface area (Å²) in [5.74, 6) is 0. The normalized spacial score (nSPS) is 10.8. The first-order valence-corrected chi connectivity index (χ1v) is 8.10. The lowest BCUT2D eigenvalue weighted by Gasteiger charge is -1.93. The molecular weight excluding hydrogens is 264 g/mol. The zero-order chi connectivity index (χ0) is 11.5. The summed E-state index contributed by atoms with van der Waals surface area (Å²) >= 11 is 5.62. The van der Waals surface area contributed by atoms with Gasteiger partial charge in [-0.25, -0.2) is 0 Å². The van der Waals surface area contributed by atoms with Gasteiger partial charge in [-0.1, -0.05) is 12.1 Å². The summed E-state index contributed by atoms with van der Waals surface area (Å²) in [7, 11) is 0. The molecule has 86 valence electrons. The fraction of sp³-hybridized carbons (Fsp3) is 0.143. The van der Waals surface area contributed by atoms with Crippen molar-refractivity contribution in [1.82, 2.24) is 0 Å². The Hall–Kier alpha value is -0.900. The smallest absolute Gasteiger partial charge is 0.0163 e. The maximum atomic E-state index is 2.27. The van der Waals surface area contributed by atoms with Crippen molar-refractivity contribution < 1.29 is 0 Å². The molecule has 0 aliphatic heterocycles. The van der Waals surface area contributed by atoms with E-state index in [0.717, 1.165) is 12.8 Å². The molecule has 3 heteroatoms. The molecule has 3 aromatic rings. The van der Waals surface area contributed by atoms with E-state index in [1.807, 2.05) is 34.0 Å². The fourth-order valence-corrected chi connectivity index (χ4v) is 4.48. The fourth-order valence-electron chi connectivity index (χ4n) is 1.78. The summed E-state index contributed by atoms with van der Waals surface area (Å²) in [6.07, 6.45) is 2.18. The minimum atomic E-state index is 1.09. The van der Waals surface area contributed by atoms with Gasteiger partial charge in [0.1, 0.15) is 0 Å². The van der Waals surface area contributed by atoms with Crippen LogP contribution in [0.5, 0.6) is 0 Å². The molecule has 17 heavy (non-hydrogen) atoms. The molecular formula is C14H12S3. The Kier molecular flexibility index (Phi) is 3.41. The van der Waals surface area contributed by atoms with Crippen molar-refractivity contribution in [1.29, 1.82) is 0 Å². The van der Waals surface area contributed by atoms with Crippen molar-refractivity contribution in [3.8, 4) is 0 Å². The largest absolute Gasteiger partial charge is 0.149 e. The lowest BCUT2D eigenvalue weighted by Crippen LogP contribution is -1.78. The molecule has 3 rings (SSSR count). The maximum Gasteiger partial charge on any atom is 0.0163 e. The zero-order valence-corrected chi connectivity index (χ0v) is 11.7. The van der Waals surface area contributed by atoms with Gasteiger partial charge < -0.3 is 0 Å². The first-order chi connectivity index (χ1) is 8.40. The van der Waals surface area contributed by atoms with Crippen LogP contribution in [0.4, 0.5) is 0 Å². The molecule has 0 aliphatic carbocycles. The second-order valence-corrected chi connectivity index (χ2v) is 7.20. The second kappa shape index (κ2) is 5.17. The summed E-state index contributed by atoms with van der Waals surface area (Å²) < 4.78 is 0. The van der Waals surface area contributed by atoms with E-state index in [1.165, 1.54) is 19.5 Å². The summed E-state index contributed by atoms with van der Waals surface area (Å²) in [6, 6.07) is 13.2. The predicted molar refractivity (Wildman–Crippen MR) is 78.6 cm³/mol. The Bertz CT molecular complexity index is 508. The predicted octanol–water partition coefficient (Wildman–Crippen LogP) is 5.05. The molecule has 0 amide bonds. The van der Waals surface area contributed by atoms with Crippen molar-refractivity contribution in [3.05, 3.63) is 66.7 Å². The Morgan fingerprint density at radius 3 is 1.59 bits per heavy atom. The molecule has 0 radical (unpaired) electrons. The van der Waals surface area contributed by atoms with Crippen LogP contribution in [0.3, 0.4) is 0 Å². The van der Waals surface area contributed by atoms with E-state index >= 15 is 0 Å². The van der Waals surface area contributed by atoms with Crippen molar-refractivity contribution in [2.24, 2.45) is 0 Å². The van der Waals surface area contributed by atoms with E-state index in [2.05, 4.69) is 47.2 Å². The SMILES string of the molecule is c1csc(Cc2ccc(Cc3cccs3)s2)c1. The minimum Gasteiger partial charge on any atom is -0.149 e. The molecule has 0 fully saturated rings. The van der Waals surface area contributed by atoms with E-state index in [1.54, 1.807) is 0 Å². The average molecular weight is 276 g/mol. The van der Waals surface area contributed by atoms with Crippen molar-refractivity contribution in [3.63, 3.8) is 0 Å². The molecule has 0 unspecified atom stereocenters. The summed E-state index contributed by atoms with van der Waals surface area (Å²) in [4.78, 5) is 5.85. The topological polar surface area (TPSA) is 0 Å². The van der Waals surface area contributed by atoms with Gasteiger partial charge in [-0.2, -0.15) is 0 Å². The molecule has 0 atom stereocenters. The monoisotopic (exact) mass is 276 g/mol. The lowest BCUT2D eigenvalue weighted by atomic mass is 10.2. The van der Waals surface area contributed by atoms with Gasteiger partial charge in [0.05, 0.1) is 0 Å². The molecule has 3 heterocycles. The molecule has 0 aliphatic rings. The Labute approximate surface area is 113 Å². The van der Waals surface area contributed by atoms with E-state index in [4.69, 9.17) is 0 Å². The van der Waals surface area contributed by atoms with Crippen LogP contribution in [0, 0.1) is 0 Å². The highest BCUT2D eigenvalue weighted by atomic mass is 32.1. The second-order valence-electron chi connectivity index (χ2n) is 3.88. The van der Waals surface area contributed by atoms with Gasteiger partial charge in [0.15, 0.2) is 0 Å². The van der Waals surface area contributed by atoms with Crippen LogP contribution in [-0.2, 0) is 12.8 Å². The number of rotatable bonds is 4. The first kappa shape index (κ1) is 11.2. The highest BCUT2D eigenvalue weighted by Gasteiger charge is 2.03.